The van der Waals surface area contributed by atoms with Crippen molar-refractivity contribution in [1.82, 2.24) is 5.32 Å². The first-order valence-corrected chi connectivity index (χ1v) is 4.20. The largest absolute Gasteiger partial charge is 0.396 e. The average Bonchev–Trinajstić information content (AvgIpc) is 2.54. The Hall–Kier alpha value is -1.05. The number of aliphatic hydroxyl groups excluding tert-OH is 1. The van der Waals surface area contributed by atoms with Gasteiger partial charge in [-0.25, -0.2) is 0 Å². The number of nitrogens with one attached hydrogen (secondary N) is 1. The Balaban J connectivity index is 2.57. The van der Waals surface area contributed by atoms with Crippen molar-refractivity contribution in [1.29, 1.82) is 0 Å². The van der Waals surface area contributed by atoms with Gasteiger partial charge in [-0.2, -0.15) is 0 Å². The molecule has 1 atom stereocenters. The summed E-state index contributed by atoms with van der Waals surface area (Å²) in [6, 6.07) is 0. The van der Waals surface area contributed by atoms with Gasteiger partial charge in [-0.1, -0.05) is 0 Å². The highest BCUT2D eigenvalue weighted by atomic mass is 16.5. The zero-order chi connectivity index (χ0) is 9.73. The third kappa shape index (κ3) is 2.44. The quantitative estimate of drug-likeness (QED) is 0.567. The van der Waals surface area contributed by atoms with Gasteiger partial charge >= 0.3 is 0 Å². The summed E-state index contributed by atoms with van der Waals surface area (Å²) in [5, 5.41) is 11.5. The molecule has 1 unspecified atom stereocenters. The summed E-state index contributed by atoms with van der Waals surface area (Å²) >= 11 is 0. The molecule has 0 aromatic rings. The molecule has 1 heterocycles. The molecule has 0 aromatic carbocycles. The minimum atomic E-state index is -0.446. The summed E-state index contributed by atoms with van der Waals surface area (Å²) in [5.41, 5.74) is -0.446. The molecule has 1 aliphatic rings. The Morgan fingerprint density at radius 3 is 3.00 bits per heavy atom. The molecule has 1 fully saturated rings. The third-order valence-corrected chi connectivity index (χ3v) is 2.20. The van der Waals surface area contributed by atoms with E-state index in [9.17, 15) is 4.79 Å². The second-order valence-corrected chi connectivity index (χ2v) is 3.15. The lowest BCUT2D eigenvalue weighted by Crippen LogP contribution is -2.49. The van der Waals surface area contributed by atoms with Crippen LogP contribution in [0.15, 0.2) is 0 Å². The van der Waals surface area contributed by atoms with Gasteiger partial charge in [-0.15, -0.1) is 6.42 Å². The van der Waals surface area contributed by atoms with E-state index in [4.69, 9.17) is 16.3 Å². The van der Waals surface area contributed by atoms with Crippen LogP contribution in [0.25, 0.3) is 0 Å². The maximum atomic E-state index is 11.0. The van der Waals surface area contributed by atoms with Gasteiger partial charge in [0.05, 0.1) is 12.1 Å². The van der Waals surface area contributed by atoms with Crippen LogP contribution in [0.5, 0.6) is 0 Å². The van der Waals surface area contributed by atoms with Crippen molar-refractivity contribution in [3.05, 3.63) is 0 Å². The Bertz CT molecular complexity index is 226. The highest BCUT2D eigenvalue weighted by molar-refractivity contribution is 5.93. The fourth-order valence-electron chi connectivity index (χ4n) is 1.46. The molecule has 1 amide bonds. The number of terminal acetylenes is 1. The molecule has 0 spiro atoms. The Kier molecular flexibility index (Phi) is 3.29. The lowest BCUT2D eigenvalue weighted by molar-refractivity contribution is -0.117. The first-order chi connectivity index (χ1) is 6.22. The van der Waals surface area contributed by atoms with E-state index in [1.54, 1.807) is 0 Å². The fourth-order valence-corrected chi connectivity index (χ4v) is 1.46. The number of carbonyl (C=O) groups is 1. The summed E-state index contributed by atoms with van der Waals surface area (Å²) in [6.07, 6.45) is 6.14. The standard InChI is InChI=1S/C9H13NO3/c1-2-8(12)10-9(3-5-11)4-6-13-7-9/h1,11H,3-7H2,(H,10,12). The average molecular weight is 183 g/mol. The third-order valence-electron chi connectivity index (χ3n) is 2.20. The summed E-state index contributed by atoms with van der Waals surface area (Å²) in [7, 11) is 0. The molecule has 0 aliphatic carbocycles. The van der Waals surface area contributed by atoms with Crippen LogP contribution in [0.4, 0.5) is 0 Å². The lowest BCUT2D eigenvalue weighted by Gasteiger charge is -2.26. The zero-order valence-electron chi connectivity index (χ0n) is 7.38. The summed E-state index contributed by atoms with van der Waals surface area (Å²) in [6.45, 7) is 1.06. The number of carbonyl (C=O) groups excluding carboxylic acids is 1. The van der Waals surface area contributed by atoms with Crippen LogP contribution >= 0.6 is 0 Å². The number of hydrogen-bond donors (Lipinski definition) is 2. The van der Waals surface area contributed by atoms with Crippen molar-refractivity contribution in [2.45, 2.75) is 18.4 Å². The molecule has 0 radical (unpaired) electrons. The van der Waals surface area contributed by atoms with E-state index in [1.807, 2.05) is 5.92 Å². The van der Waals surface area contributed by atoms with Crippen LogP contribution in [0.2, 0.25) is 0 Å². The van der Waals surface area contributed by atoms with Crippen LogP contribution in [0, 0.1) is 12.3 Å². The first kappa shape index (κ1) is 10.0. The highest BCUT2D eigenvalue weighted by Gasteiger charge is 2.35. The number of amides is 1. The Morgan fingerprint density at radius 1 is 1.77 bits per heavy atom. The number of hydrogen-bond acceptors (Lipinski definition) is 3. The van der Waals surface area contributed by atoms with Gasteiger partial charge in [0.25, 0.3) is 5.91 Å². The zero-order valence-corrected chi connectivity index (χ0v) is 7.38. The topological polar surface area (TPSA) is 58.6 Å². The van der Waals surface area contributed by atoms with Gasteiger partial charge < -0.3 is 15.2 Å². The van der Waals surface area contributed by atoms with Crippen molar-refractivity contribution >= 4 is 5.91 Å². The van der Waals surface area contributed by atoms with Crippen LogP contribution in [-0.2, 0) is 9.53 Å². The van der Waals surface area contributed by atoms with Crippen LogP contribution < -0.4 is 5.32 Å². The van der Waals surface area contributed by atoms with Gasteiger partial charge in [0.15, 0.2) is 0 Å². The molecule has 13 heavy (non-hydrogen) atoms. The SMILES string of the molecule is C#CC(=O)NC1(CCO)CCOC1. The molecule has 4 heteroatoms. The minimum absolute atomic E-state index is 0.0220. The van der Waals surface area contributed by atoms with E-state index >= 15 is 0 Å². The molecule has 1 saturated heterocycles. The predicted octanol–water partition coefficient (Wildman–Crippen LogP) is -0.723. The summed E-state index contributed by atoms with van der Waals surface area (Å²) in [5.74, 6) is 1.54. The monoisotopic (exact) mass is 183 g/mol. The highest BCUT2D eigenvalue weighted by Crippen LogP contribution is 2.21. The van der Waals surface area contributed by atoms with E-state index in [1.165, 1.54) is 0 Å². The molecule has 2 N–H and O–H groups in total. The molecule has 0 aromatic heterocycles. The molecule has 1 aliphatic heterocycles. The van der Waals surface area contributed by atoms with Gasteiger partial charge in [0, 0.05) is 13.2 Å². The van der Waals surface area contributed by atoms with E-state index in [-0.39, 0.29) is 6.61 Å². The van der Waals surface area contributed by atoms with Crippen LogP contribution in [-0.4, -0.2) is 36.4 Å². The summed E-state index contributed by atoms with van der Waals surface area (Å²) < 4.78 is 5.16. The van der Waals surface area contributed by atoms with E-state index in [0.717, 1.165) is 0 Å². The minimum Gasteiger partial charge on any atom is -0.396 e. The van der Waals surface area contributed by atoms with Gasteiger partial charge in [0.2, 0.25) is 0 Å². The fraction of sp³-hybridized carbons (Fsp3) is 0.667. The smallest absolute Gasteiger partial charge is 0.296 e. The maximum absolute atomic E-state index is 11.0. The molecule has 0 saturated carbocycles. The van der Waals surface area contributed by atoms with Crippen molar-refractivity contribution in [3.8, 4) is 12.3 Å². The van der Waals surface area contributed by atoms with Gasteiger partial charge in [0.1, 0.15) is 0 Å². The van der Waals surface area contributed by atoms with Crippen LogP contribution in [0.3, 0.4) is 0 Å². The molecule has 72 valence electrons. The Morgan fingerprint density at radius 2 is 2.54 bits per heavy atom. The number of ether oxygens (including phenoxy) is 1. The first-order valence-electron chi connectivity index (χ1n) is 4.20. The second kappa shape index (κ2) is 4.26. The lowest BCUT2D eigenvalue weighted by atomic mass is 9.95. The number of aliphatic hydroxyl groups is 1. The molecule has 0 bridgehead atoms. The normalized spacial score (nSPS) is 26.8. The maximum Gasteiger partial charge on any atom is 0.296 e. The van der Waals surface area contributed by atoms with E-state index < -0.39 is 11.4 Å². The second-order valence-electron chi connectivity index (χ2n) is 3.15. The van der Waals surface area contributed by atoms with Crippen LogP contribution in [0.1, 0.15) is 12.8 Å². The van der Waals surface area contributed by atoms with Crippen molar-refractivity contribution in [3.63, 3.8) is 0 Å². The Labute approximate surface area is 77.3 Å². The van der Waals surface area contributed by atoms with Crippen molar-refractivity contribution < 1.29 is 14.6 Å². The summed E-state index contributed by atoms with van der Waals surface area (Å²) in [4.78, 5) is 11.0. The molecular weight excluding hydrogens is 170 g/mol. The van der Waals surface area contributed by atoms with Gasteiger partial charge in [-0.3, -0.25) is 4.79 Å². The predicted molar refractivity (Wildman–Crippen MR) is 46.8 cm³/mol. The number of rotatable bonds is 3. The molecule has 1 rings (SSSR count). The molecular formula is C9H13NO3. The van der Waals surface area contributed by atoms with E-state index in [2.05, 4.69) is 5.32 Å². The van der Waals surface area contributed by atoms with Gasteiger partial charge in [-0.05, 0) is 18.8 Å². The van der Waals surface area contributed by atoms with Crippen molar-refractivity contribution in [2.24, 2.45) is 0 Å². The van der Waals surface area contributed by atoms with E-state index in [0.29, 0.717) is 26.1 Å². The molecule has 4 nitrogen and oxygen atoms in total. The van der Waals surface area contributed by atoms with Crippen molar-refractivity contribution in [2.75, 3.05) is 19.8 Å².